The number of fused-ring (bicyclic) bond motifs is 1. The molecule has 0 saturated carbocycles. The highest BCUT2D eigenvalue weighted by molar-refractivity contribution is 8.00. The van der Waals surface area contributed by atoms with Gasteiger partial charge in [-0.1, -0.05) is 24.3 Å². The van der Waals surface area contributed by atoms with E-state index in [2.05, 4.69) is 24.3 Å². The molecule has 0 radical (unpaired) electrons. The van der Waals surface area contributed by atoms with E-state index in [1.54, 1.807) is 0 Å². The second-order valence-electron chi connectivity index (χ2n) is 4.78. The minimum atomic E-state index is 0.236. The van der Waals surface area contributed by atoms with Gasteiger partial charge in [0.2, 0.25) is 5.91 Å². The molecule has 3 heteroatoms. The van der Waals surface area contributed by atoms with Crippen molar-refractivity contribution in [3.63, 3.8) is 0 Å². The molecule has 1 unspecified atom stereocenters. The fourth-order valence-corrected chi connectivity index (χ4v) is 3.90. The van der Waals surface area contributed by atoms with Gasteiger partial charge in [0.1, 0.15) is 0 Å². The molecular weight excluding hydrogens is 230 g/mol. The summed E-state index contributed by atoms with van der Waals surface area (Å²) in [5.41, 5.74) is 2.74. The lowest BCUT2D eigenvalue weighted by Crippen LogP contribution is -2.40. The quantitative estimate of drug-likeness (QED) is 0.760. The summed E-state index contributed by atoms with van der Waals surface area (Å²) >= 11 is 1.83. The SMILES string of the molecule is O=C(C1CCCS1)N1CCc2ccccc2C1. The maximum absolute atomic E-state index is 12.3. The van der Waals surface area contributed by atoms with Gasteiger partial charge in [0.25, 0.3) is 0 Å². The number of carbonyl (C=O) groups excluding carboxylic acids is 1. The normalized spacial score (nSPS) is 23.5. The van der Waals surface area contributed by atoms with Gasteiger partial charge < -0.3 is 4.90 Å². The van der Waals surface area contributed by atoms with Crippen LogP contribution in [0.4, 0.5) is 0 Å². The topological polar surface area (TPSA) is 20.3 Å². The van der Waals surface area contributed by atoms with Gasteiger partial charge in [0.15, 0.2) is 0 Å². The van der Waals surface area contributed by atoms with Crippen molar-refractivity contribution in [1.82, 2.24) is 4.90 Å². The van der Waals surface area contributed by atoms with E-state index in [1.165, 1.54) is 17.5 Å². The van der Waals surface area contributed by atoms with Crippen LogP contribution in [0.1, 0.15) is 24.0 Å². The van der Waals surface area contributed by atoms with Crippen molar-refractivity contribution in [2.45, 2.75) is 31.1 Å². The van der Waals surface area contributed by atoms with Crippen LogP contribution in [0.2, 0.25) is 0 Å². The number of benzene rings is 1. The monoisotopic (exact) mass is 247 g/mol. The summed E-state index contributed by atoms with van der Waals surface area (Å²) in [6, 6.07) is 8.48. The second kappa shape index (κ2) is 4.73. The van der Waals surface area contributed by atoms with E-state index >= 15 is 0 Å². The van der Waals surface area contributed by atoms with Gasteiger partial charge in [-0.2, -0.15) is 0 Å². The van der Waals surface area contributed by atoms with Crippen LogP contribution in [0, 0.1) is 0 Å². The van der Waals surface area contributed by atoms with Crippen LogP contribution >= 0.6 is 11.8 Å². The largest absolute Gasteiger partial charge is 0.337 e. The molecule has 0 spiro atoms. The molecule has 3 rings (SSSR count). The number of thioether (sulfide) groups is 1. The van der Waals surface area contributed by atoms with Crippen LogP contribution in [0.15, 0.2) is 24.3 Å². The Morgan fingerprint density at radius 2 is 2.12 bits per heavy atom. The molecule has 0 N–H and O–H groups in total. The van der Waals surface area contributed by atoms with E-state index in [4.69, 9.17) is 0 Å². The Bertz CT molecular complexity index is 426. The van der Waals surface area contributed by atoms with E-state index in [9.17, 15) is 4.79 Å². The average molecular weight is 247 g/mol. The standard InChI is InChI=1S/C14H17NOS/c16-14(13-6-3-9-17-13)15-8-7-11-4-1-2-5-12(11)10-15/h1-2,4-5,13H,3,6-10H2. The van der Waals surface area contributed by atoms with Gasteiger partial charge >= 0.3 is 0 Å². The van der Waals surface area contributed by atoms with Crippen LogP contribution in [0.25, 0.3) is 0 Å². The first-order valence-electron chi connectivity index (χ1n) is 6.32. The molecule has 0 bridgehead atoms. The van der Waals surface area contributed by atoms with Crippen molar-refractivity contribution in [3.05, 3.63) is 35.4 Å². The van der Waals surface area contributed by atoms with Crippen LogP contribution < -0.4 is 0 Å². The zero-order valence-electron chi connectivity index (χ0n) is 9.89. The van der Waals surface area contributed by atoms with Gasteiger partial charge in [-0.05, 0) is 36.1 Å². The Morgan fingerprint density at radius 3 is 2.88 bits per heavy atom. The predicted molar refractivity (Wildman–Crippen MR) is 71.0 cm³/mol. The lowest BCUT2D eigenvalue weighted by atomic mass is 9.99. The number of carbonyl (C=O) groups is 1. The molecule has 0 aromatic heterocycles. The van der Waals surface area contributed by atoms with Crippen LogP contribution in [-0.2, 0) is 17.8 Å². The van der Waals surface area contributed by atoms with Gasteiger partial charge in [-0.25, -0.2) is 0 Å². The van der Waals surface area contributed by atoms with E-state index < -0.39 is 0 Å². The first kappa shape index (κ1) is 11.1. The van der Waals surface area contributed by atoms with Crippen LogP contribution in [0.3, 0.4) is 0 Å². The highest BCUT2D eigenvalue weighted by atomic mass is 32.2. The molecule has 1 fully saturated rings. The van der Waals surface area contributed by atoms with Crippen LogP contribution in [0.5, 0.6) is 0 Å². The first-order valence-corrected chi connectivity index (χ1v) is 7.36. The maximum atomic E-state index is 12.3. The smallest absolute Gasteiger partial charge is 0.235 e. The first-order chi connectivity index (χ1) is 8.34. The minimum Gasteiger partial charge on any atom is -0.337 e. The third-order valence-electron chi connectivity index (χ3n) is 3.65. The third kappa shape index (κ3) is 2.21. The molecule has 1 saturated heterocycles. The fourth-order valence-electron chi connectivity index (χ4n) is 2.66. The average Bonchev–Trinajstić information content (AvgIpc) is 2.91. The zero-order chi connectivity index (χ0) is 11.7. The number of amides is 1. The van der Waals surface area contributed by atoms with Gasteiger partial charge in [-0.3, -0.25) is 4.79 Å². The number of hydrogen-bond donors (Lipinski definition) is 0. The molecule has 90 valence electrons. The van der Waals surface area contributed by atoms with Gasteiger partial charge in [0.05, 0.1) is 5.25 Å². The number of hydrogen-bond acceptors (Lipinski definition) is 2. The zero-order valence-corrected chi connectivity index (χ0v) is 10.7. The van der Waals surface area contributed by atoms with Crippen molar-refractivity contribution >= 4 is 17.7 Å². The molecule has 17 heavy (non-hydrogen) atoms. The number of rotatable bonds is 1. The summed E-state index contributed by atoms with van der Waals surface area (Å²) in [6.45, 7) is 1.71. The summed E-state index contributed by atoms with van der Waals surface area (Å²) in [5.74, 6) is 1.52. The van der Waals surface area contributed by atoms with Crippen molar-refractivity contribution < 1.29 is 4.79 Å². The Morgan fingerprint density at radius 1 is 1.29 bits per heavy atom. The van der Waals surface area contributed by atoms with Crippen molar-refractivity contribution in [2.75, 3.05) is 12.3 Å². The Balaban J connectivity index is 1.73. The molecule has 1 aromatic carbocycles. The molecular formula is C14H17NOS. The van der Waals surface area contributed by atoms with Crippen LogP contribution in [-0.4, -0.2) is 28.4 Å². The summed E-state index contributed by atoms with van der Waals surface area (Å²) < 4.78 is 0. The van der Waals surface area contributed by atoms with E-state index in [0.29, 0.717) is 5.91 Å². The predicted octanol–water partition coefficient (Wildman–Crippen LogP) is 2.47. The molecule has 1 amide bonds. The Kier molecular flexibility index (Phi) is 3.10. The highest BCUT2D eigenvalue weighted by Crippen LogP contribution is 2.29. The number of nitrogens with zero attached hydrogens (tertiary/aromatic N) is 1. The summed E-state index contributed by atoms with van der Waals surface area (Å²) in [4.78, 5) is 14.4. The molecule has 2 heterocycles. The van der Waals surface area contributed by atoms with Gasteiger partial charge in [0, 0.05) is 13.1 Å². The highest BCUT2D eigenvalue weighted by Gasteiger charge is 2.29. The molecule has 2 aliphatic rings. The van der Waals surface area contributed by atoms with Crippen molar-refractivity contribution in [2.24, 2.45) is 0 Å². The Labute approximate surface area is 106 Å². The molecule has 2 aliphatic heterocycles. The van der Waals surface area contributed by atoms with E-state index in [1.807, 2.05) is 16.7 Å². The fraction of sp³-hybridized carbons (Fsp3) is 0.500. The Hall–Kier alpha value is -0.960. The summed E-state index contributed by atoms with van der Waals surface area (Å²) in [7, 11) is 0. The molecule has 2 nitrogen and oxygen atoms in total. The maximum Gasteiger partial charge on any atom is 0.235 e. The lowest BCUT2D eigenvalue weighted by molar-refractivity contribution is -0.131. The van der Waals surface area contributed by atoms with Crippen molar-refractivity contribution in [1.29, 1.82) is 0 Å². The lowest BCUT2D eigenvalue weighted by Gasteiger charge is -2.30. The van der Waals surface area contributed by atoms with Crippen molar-refractivity contribution in [3.8, 4) is 0 Å². The van der Waals surface area contributed by atoms with Gasteiger partial charge in [-0.15, -0.1) is 11.8 Å². The minimum absolute atomic E-state index is 0.236. The molecule has 1 atom stereocenters. The second-order valence-corrected chi connectivity index (χ2v) is 6.09. The summed E-state index contributed by atoms with van der Waals surface area (Å²) in [5, 5.41) is 0.236. The molecule has 1 aromatic rings. The third-order valence-corrected chi connectivity index (χ3v) is 5.01. The van der Waals surface area contributed by atoms with E-state index in [-0.39, 0.29) is 5.25 Å². The summed E-state index contributed by atoms with van der Waals surface area (Å²) in [6.07, 6.45) is 3.28. The van der Waals surface area contributed by atoms with E-state index in [0.717, 1.165) is 31.7 Å². The molecule has 0 aliphatic carbocycles.